The van der Waals surface area contributed by atoms with Gasteiger partial charge in [-0.1, -0.05) is 99.3 Å². The molecule has 33 heavy (non-hydrogen) atoms. The second-order valence-electron chi connectivity index (χ2n) is 9.99. The molecule has 1 fully saturated rings. The molecule has 0 aromatic carbocycles. The van der Waals surface area contributed by atoms with Crippen molar-refractivity contribution in [2.24, 2.45) is 11.8 Å². The maximum atomic E-state index is 11.1. The summed E-state index contributed by atoms with van der Waals surface area (Å²) >= 11 is 0. The fourth-order valence-electron chi connectivity index (χ4n) is 4.09. The molecule has 0 atom stereocenters. The van der Waals surface area contributed by atoms with Crippen LogP contribution in [0.3, 0.4) is 0 Å². The van der Waals surface area contributed by atoms with Crippen molar-refractivity contribution in [3.8, 4) is 0 Å². The summed E-state index contributed by atoms with van der Waals surface area (Å²) < 4.78 is 5.26. The summed E-state index contributed by atoms with van der Waals surface area (Å²) in [7, 11) is 0. The van der Waals surface area contributed by atoms with Gasteiger partial charge in [-0.05, 0) is 43.9 Å². The van der Waals surface area contributed by atoms with E-state index >= 15 is 0 Å². The van der Waals surface area contributed by atoms with Crippen molar-refractivity contribution in [3.05, 3.63) is 0 Å². The van der Waals surface area contributed by atoms with Gasteiger partial charge in [-0.2, -0.15) is 0 Å². The van der Waals surface area contributed by atoms with Crippen LogP contribution in [0.25, 0.3) is 0 Å². The first kappa shape index (κ1) is 34.5. The van der Waals surface area contributed by atoms with Gasteiger partial charge in [0.15, 0.2) is 0 Å². The van der Waals surface area contributed by atoms with Gasteiger partial charge in [-0.15, -0.1) is 0 Å². The highest BCUT2D eigenvalue weighted by Gasteiger charge is 2.15. The molecule has 0 saturated heterocycles. The van der Waals surface area contributed by atoms with E-state index in [1.54, 1.807) is 0 Å². The van der Waals surface area contributed by atoms with E-state index in [1.165, 1.54) is 57.8 Å². The molecule has 198 valence electrons. The molecule has 1 aliphatic carbocycles. The van der Waals surface area contributed by atoms with Gasteiger partial charge in [0.2, 0.25) is 0 Å². The molecule has 0 aromatic rings. The van der Waals surface area contributed by atoms with Gasteiger partial charge in [0, 0.05) is 38.9 Å². The first-order chi connectivity index (χ1) is 15.9. The minimum atomic E-state index is 0.373. The predicted molar refractivity (Wildman–Crippen MR) is 145 cm³/mol. The van der Waals surface area contributed by atoms with Crippen molar-refractivity contribution >= 4 is 11.6 Å². The number of carbonyl (C=O) groups excluding carboxylic acids is 2. The minimum Gasteiger partial charge on any atom is -0.381 e. The second-order valence-corrected chi connectivity index (χ2v) is 9.99. The fraction of sp³-hybridized carbons (Fsp3) is 0.933. The number of hydrogen-bond acceptors (Lipinski definition) is 3. The van der Waals surface area contributed by atoms with Crippen molar-refractivity contribution in [1.82, 2.24) is 0 Å². The Morgan fingerprint density at radius 3 is 1.64 bits per heavy atom. The van der Waals surface area contributed by atoms with Crippen LogP contribution in [0.1, 0.15) is 157 Å². The molecule has 1 saturated carbocycles. The van der Waals surface area contributed by atoms with Gasteiger partial charge in [-0.25, -0.2) is 0 Å². The third kappa shape index (κ3) is 27.4. The molecule has 0 N–H and O–H groups in total. The van der Waals surface area contributed by atoms with Gasteiger partial charge >= 0.3 is 0 Å². The topological polar surface area (TPSA) is 43.4 Å². The second kappa shape index (κ2) is 27.5. The predicted octanol–water partition coefficient (Wildman–Crippen LogP) is 9.50. The van der Waals surface area contributed by atoms with Crippen molar-refractivity contribution in [1.29, 1.82) is 0 Å². The molecule has 0 radical (unpaired) electrons. The highest BCUT2D eigenvalue weighted by Crippen LogP contribution is 2.29. The Labute approximate surface area is 208 Å². The smallest absolute Gasteiger partial charge is 0.132 e. The quantitative estimate of drug-likeness (QED) is 0.200. The van der Waals surface area contributed by atoms with E-state index < -0.39 is 0 Å². The first-order valence-electron chi connectivity index (χ1n) is 14.6. The molecular formula is C30H60O3. The van der Waals surface area contributed by atoms with Crippen LogP contribution in [0.5, 0.6) is 0 Å². The van der Waals surface area contributed by atoms with Crippen LogP contribution in [0.4, 0.5) is 0 Å². The molecule has 3 nitrogen and oxygen atoms in total. The molecule has 0 heterocycles. The van der Waals surface area contributed by atoms with Crippen molar-refractivity contribution in [2.75, 3.05) is 13.2 Å². The third-order valence-electron chi connectivity index (χ3n) is 6.42. The Bertz CT molecular complexity index is 383. The molecule has 0 bridgehead atoms. The van der Waals surface area contributed by atoms with Crippen molar-refractivity contribution in [3.63, 3.8) is 0 Å². The molecule has 3 heteroatoms. The molecule has 1 rings (SSSR count). The lowest BCUT2D eigenvalue weighted by molar-refractivity contribution is -0.120. The lowest BCUT2D eigenvalue weighted by atomic mass is 9.82. The van der Waals surface area contributed by atoms with Crippen molar-refractivity contribution < 1.29 is 14.3 Å². The summed E-state index contributed by atoms with van der Waals surface area (Å²) in [5.41, 5.74) is 0. The molecule has 0 unspecified atom stereocenters. The highest BCUT2D eigenvalue weighted by molar-refractivity contribution is 5.78. The van der Waals surface area contributed by atoms with Crippen LogP contribution in [-0.2, 0) is 14.3 Å². The Balaban J connectivity index is 0. The number of rotatable bonds is 17. The maximum Gasteiger partial charge on any atom is 0.132 e. The SMILES string of the molecule is CCC1CCC(C)CC1.CCCCCCCC(=O)CCC.CCCOCCCC(=O)CCC. The van der Waals surface area contributed by atoms with E-state index in [0.29, 0.717) is 18.0 Å². The Morgan fingerprint density at radius 2 is 1.15 bits per heavy atom. The maximum absolute atomic E-state index is 11.1. The van der Waals surface area contributed by atoms with Crippen LogP contribution in [-0.4, -0.2) is 24.8 Å². The number of unbranched alkanes of at least 4 members (excludes halogenated alkanes) is 4. The Kier molecular flexibility index (Phi) is 28.8. The summed E-state index contributed by atoms with van der Waals surface area (Å²) in [5.74, 6) is 2.92. The van der Waals surface area contributed by atoms with Gasteiger partial charge in [0.25, 0.3) is 0 Å². The summed E-state index contributed by atoms with van der Waals surface area (Å²) in [6.07, 6.45) is 20.6. The average Bonchev–Trinajstić information content (AvgIpc) is 2.80. The Morgan fingerprint density at radius 1 is 0.606 bits per heavy atom. The number of ketones is 2. The zero-order valence-corrected chi connectivity index (χ0v) is 23.5. The molecule has 1 aliphatic rings. The lowest BCUT2D eigenvalue weighted by Gasteiger charge is -2.24. The number of carbonyl (C=O) groups is 2. The van der Waals surface area contributed by atoms with E-state index in [0.717, 1.165) is 76.4 Å². The largest absolute Gasteiger partial charge is 0.381 e. The molecule has 0 amide bonds. The Hall–Kier alpha value is -0.700. The van der Waals surface area contributed by atoms with E-state index in [-0.39, 0.29) is 0 Å². The van der Waals surface area contributed by atoms with E-state index in [2.05, 4.69) is 34.6 Å². The van der Waals surface area contributed by atoms with E-state index in [4.69, 9.17) is 4.74 Å². The molecular weight excluding hydrogens is 408 g/mol. The van der Waals surface area contributed by atoms with Crippen LogP contribution in [0.2, 0.25) is 0 Å². The van der Waals surface area contributed by atoms with Crippen LogP contribution in [0, 0.1) is 11.8 Å². The van der Waals surface area contributed by atoms with Gasteiger partial charge in [0.1, 0.15) is 11.6 Å². The van der Waals surface area contributed by atoms with Crippen LogP contribution >= 0.6 is 0 Å². The van der Waals surface area contributed by atoms with Gasteiger partial charge in [-0.3, -0.25) is 9.59 Å². The highest BCUT2D eigenvalue weighted by atomic mass is 16.5. The monoisotopic (exact) mass is 468 g/mol. The average molecular weight is 469 g/mol. The molecule has 0 aromatic heterocycles. The van der Waals surface area contributed by atoms with Gasteiger partial charge < -0.3 is 4.74 Å². The molecule has 0 spiro atoms. The minimum absolute atomic E-state index is 0.373. The summed E-state index contributed by atoms with van der Waals surface area (Å²) in [5, 5.41) is 0. The number of Topliss-reactive ketones (excluding diaryl/α,β-unsaturated/α-hetero) is 2. The van der Waals surface area contributed by atoms with E-state index in [1.807, 2.05) is 6.92 Å². The fourth-order valence-corrected chi connectivity index (χ4v) is 4.09. The van der Waals surface area contributed by atoms with E-state index in [9.17, 15) is 9.59 Å². The van der Waals surface area contributed by atoms with Crippen LogP contribution < -0.4 is 0 Å². The zero-order valence-electron chi connectivity index (χ0n) is 23.5. The number of ether oxygens (including phenoxy) is 1. The zero-order chi connectivity index (χ0) is 25.2. The standard InChI is InChI=1S/C11H22O.C10H20O2.C9H18/c1-3-5-6-7-8-10-11(12)9-4-2;1-3-6-10(11)7-5-9-12-8-4-2;1-3-9-6-4-8(2)5-7-9/h3-10H2,1-2H3;3-9H2,1-2H3;8-9H,3-7H2,1-2H3. The third-order valence-corrected chi connectivity index (χ3v) is 6.42. The summed E-state index contributed by atoms with van der Waals surface area (Å²) in [4.78, 5) is 22.1. The van der Waals surface area contributed by atoms with Crippen LogP contribution in [0.15, 0.2) is 0 Å². The van der Waals surface area contributed by atoms with Crippen molar-refractivity contribution in [2.45, 2.75) is 157 Å². The lowest BCUT2D eigenvalue weighted by Crippen LogP contribution is -2.10. The number of hydrogen-bond donors (Lipinski definition) is 0. The molecule has 0 aliphatic heterocycles. The first-order valence-corrected chi connectivity index (χ1v) is 14.6. The summed E-state index contributed by atoms with van der Waals surface area (Å²) in [6.45, 7) is 14.7. The normalized spacial score (nSPS) is 17.4. The summed E-state index contributed by atoms with van der Waals surface area (Å²) in [6, 6.07) is 0. The van der Waals surface area contributed by atoms with Gasteiger partial charge in [0.05, 0.1) is 0 Å².